The van der Waals surface area contributed by atoms with Gasteiger partial charge < -0.3 is 5.32 Å². The minimum Gasteiger partial charge on any atom is -0.315 e. The molecule has 32 heavy (non-hydrogen) atoms. The van der Waals surface area contributed by atoms with Crippen molar-refractivity contribution in [2.75, 3.05) is 13.1 Å². The Hall–Kier alpha value is -3.13. The van der Waals surface area contributed by atoms with Crippen LogP contribution in [0.4, 0.5) is 0 Å². The normalized spacial score (nSPS) is 12.7. The number of nitrogens with zero attached hydrogens (tertiary/aromatic N) is 2. The SMILES string of the molecule is CC(CNCCc1ccc(-c2ccncc2)cc1)NS(=O)(=O)c1ccc2cnccc2c1. The van der Waals surface area contributed by atoms with E-state index in [0.717, 1.165) is 34.9 Å². The van der Waals surface area contributed by atoms with E-state index < -0.39 is 10.0 Å². The average Bonchev–Trinajstić information content (AvgIpc) is 2.82. The van der Waals surface area contributed by atoms with Gasteiger partial charge in [-0.2, -0.15) is 0 Å². The van der Waals surface area contributed by atoms with Crippen LogP contribution < -0.4 is 10.0 Å². The topological polar surface area (TPSA) is 84.0 Å². The predicted octanol–water partition coefficient (Wildman–Crippen LogP) is 3.80. The highest BCUT2D eigenvalue weighted by Gasteiger charge is 2.17. The number of rotatable bonds is 9. The summed E-state index contributed by atoms with van der Waals surface area (Å²) in [5, 5.41) is 5.10. The summed E-state index contributed by atoms with van der Waals surface area (Å²) >= 11 is 0. The number of benzene rings is 2. The highest BCUT2D eigenvalue weighted by atomic mass is 32.2. The van der Waals surface area contributed by atoms with Crippen molar-refractivity contribution in [2.24, 2.45) is 0 Å². The third-order valence-electron chi connectivity index (χ3n) is 5.29. The molecule has 0 bridgehead atoms. The van der Waals surface area contributed by atoms with Gasteiger partial charge in [-0.25, -0.2) is 13.1 Å². The van der Waals surface area contributed by atoms with Crippen LogP contribution in [0.25, 0.3) is 21.9 Å². The molecular weight excluding hydrogens is 420 g/mol. The molecule has 1 unspecified atom stereocenters. The van der Waals surface area contributed by atoms with Gasteiger partial charge in [0.15, 0.2) is 0 Å². The van der Waals surface area contributed by atoms with Crippen molar-refractivity contribution in [3.8, 4) is 11.1 Å². The number of aromatic nitrogens is 2. The minimum atomic E-state index is -3.59. The van der Waals surface area contributed by atoms with Crippen molar-refractivity contribution in [3.63, 3.8) is 0 Å². The molecule has 4 rings (SSSR count). The third-order valence-corrected chi connectivity index (χ3v) is 6.87. The quantitative estimate of drug-likeness (QED) is 0.382. The Morgan fingerprint density at radius 2 is 1.56 bits per heavy atom. The van der Waals surface area contributed by atoms with Gasteiger partial charge in [-0.15, -0.1) is 0 Å². The average molecular weight is 447 g/mol. The van der Waals surface area contributed by atoms with E-state index in [9.17, 15) is 8.42 Å². The van der Waals surface area contributed by atoms with Crippen LogP contribution in [0.1, 0.15) is 12.5 Å². The number of sulfonamides is 1. The number of pyridine rings is 2. The molecule has 7 heteroatoms. The molecule has 2 aromatic heterocycles. The van der Waals surface area contributed by atoms with Gasteiger partial charge in [-0.05, 0) is 72.3 Å². The molecule has 0 fully saturated rings. The van der Waals surface area contributed by atoms with Gasteiger partial charge in [-0.3, -0.25) is 9.97 Å². The Kier molecular flexibility index (Phi) is 6.90. The Morgan fingerprint density at radius 1 is 0.844 bits per heavy atom. The molecule has 2 aromatic carbocycles. The number of nitrogens with one attached hydrogen (secondary N) is 2. The third kappa shape index (κ3) is 5.56. The minimum absolute atomic E-state index is 0.234. The lowest BCUT2D eigenvalue weighted by Gasteiger charge is -2.15. The van der Waals surface area contributed by atoms with Gasteiger partial charge in [0.05, 0.1) is 4.90 Å². The number of fused-ring (bicyclic) bond motifs is 1. The summed E-state index contributed by atoms with van der Waals surface area (Å²) in [4.78, 5) is 8.37. The molecule has 2 N–H and O–H groups in total. The zero-order valence-electron chi connectivity index (χ0n) is 17.9. The van der Waals surface area contributed by atoms with E-state index in [1.54, 1.807) is 43.0 Å². The van der Waals surface area contributed by atoms with Gasteiger partial charge in [0.2, 0.25) is 10.0 Å². The van der Waals surface area contributed by atoms with Crippen LogP contribution in [-0.2, 0) is 16.4 Å². The second-order valence-corrected chi connectivity index (χ2v) is 9.51. The molecule has 2 heterocycles. The van der Waals surface area contributed by atoms with Crippen LogP contribution in [0.2, 0.25) is 0 Å². The monoisotopic (exact) mass is 446 g/mol. The fourth-order valence-electron chi connectivity index (χ4n) is 3.56. The first-order chi connectivity index (χ1) is 15.5. The maximum atomic E-state index is 12.7. The lowest BCUT2D eigenvalue weighted by molar-refractivity contribution is 0.537. The van der Waals surface area contributed by atoms with Crippen LogP contribution in [0.5, 0.6) is 0 Å². The van der Waals surface area contributed by atoms with Crippen molar-refractivity contribution in [1.29, 1.82) is 0 Å². The fraction of sp³-hybridized carbons (Fsp3) is 0.200. The Labute approximate surface area is 188 Å². The lowest BCUT2D eigenvalue weighted by Crippen LogP contribution is -2.40. The Morgan fingerprint density at radius 3 is 2.34 bits per heavy atom. The first-order valence-electron chi connectivity index (χ1n) is 10.6. The summed E-state index contributed by atoms with van der Waals surface area (Å²) in [6, 6.07) is 19.1. The van der Waals surface area contributed by atoms with Crippen LogP contribution in [-0.4, -0.2) is 37.5 Å². The van der Waals surface area contributed by atoms with E-state index in [4.69, 9.17) is 0 Å². The molecule has 0 aliphatic rings. The smallest absolute Gasteiger partial charge is 0.240 e. The van der Waals surface area contributed by atoms with Gasteiger partial charge >= 0.3 is 0 Å². The summed E-state index contributed by atoms with van der Waals surface area (Å²) in [5.41, 5.74) is 3.54. The van der Waals surface area contributed by atoms with Crippen molar-refractivity contribution in [2.45, 2.75) is 24.3 Å². The molecule has 6 nitrogen and oxygen atoms in total. The van der Waals surface area contributed by atoms with E-state index >= 15 is 0 Å². The van der Waals surface area contributed by atoms with Crippen LogP contribution in [0.3, 0.4) is 0 Å². The second-order valence-electron chi connectivity index (χ2n) is 7.79. The summed E-state index contributed by atoms with van der Waals surface area (Å²) in [6.07, 6.45) is 7.83. The van der Waals surface area contributed by atoms with Crippen molar-refractivity contribution in [3.05, 3.63) is 91.0 Å². The summed E-state index contributed by atoms with van der Waals surface area (Å²) in [5.74, 6) is 0. The highest BCUT2D eigenvalue weighted by Crippen LogP contribution is 2.19. The fourth-order valence-corrected chi connectivity index (χ4v) is 4.84. The van der Waals surface area contributed by atoms with Gasteiger partial charge in [0, 0.05) is 42.8 Å². The number of hydrogen-bond acceptors (Lipinski definition) is 5. The molecular formula is C25H26N4O2S. The van der Waals surface area contributed by atoms with Crippen molar-refractivity contribution < 1.29 is 8.42 Å². The first-order valence-corrected chi connectivity index (χ1v) is 12.1. The van der Waals surface area contributed by atoms with E-state index in [1.807, 2.05) is 25.1 Å². The molecule has 4 aromatic rings. The highest BCUT2D eigenvalue weighted by molar-refractivity contribution is 7.89. The molecule has 0 aliphatic carbocycles. The second kappa shape index (κ2) is 9.99. The molecule has 0 amide bonds. The van der Waals surface area contributed by atoms with E-state index in [1.165, 1.54) is 5.56 Å². The largest absolute Gasteiger partial charge is 0.315 e. The maximum Gasteiger partial charge on any atom is 0.240 e. The van der Waals surface area contributed by atoms with Crippen molar-refractivity contribution >= 4 is 20.8 Å². The van der Waals surface area contributed by atoms with E-state index in [0.29, 0.717) is 6.54 Å². The first kappa shape index (κ1) is 22.1. The van der Waals surface area contributed by atoms with Crippen LogP contribution in [0, 0.1) is 0 Å². The molecule has 164 valence electrons. The molecule has 0 aliphatic heterocycles. The lowest BCUT2D eigenvalue weighted by atomic mass is 10.0. The zero-order valence-corrected chi connectivity index (χ0v) is 18.7. The molecule has 0 spiro atoms. The van der Waals surface area contributed by atoms with E-state index in [2.05, 4.69) is 44.3 Å². The van der Waals surface area contributed by atoms with Crippen LogP contribution in [0.15, 0.2) is 90.3 Å². The van der Waals surface area contributed by atoms with Crippen molar-refractivity contribution in [1.82, 2.24) is 20.0 Å². The number of hydrogen-bond donors (Lipinski definition) is 2. The van der Waals surface area contributed by atoms with Gasteiger partial charge in [-0.1, -0.05) is 30.3 Å². The predicted molar refractivity (Wildman–Crippen MR) is 128 cm³/mol. The zero-order chi connectivity index (χ0) is 22.4. The van der Waals surface area contributed by atoms with Gasteiger partial charge in [0.25, 0.3) is 0 Å². The molecule has 1 atom stereocenters. The Balaban J connectivity index is 1.26. The van der Waals surface area contributed by atoms with Gasteiger partial charge in [0.1, 0.15) is 0 Å². The molecule has 0 saturated heterocycles. The molecule has 0 radical (unpaired) electrons. The molecule has 0 saturated carbocycles. The summed E-state index contributed by atoms with van der Waals surface area (Å²) in [6.45, 7) is 3.18. The maximum absolute atomic E-state index is 12.7. The summed E-state index contributed by atoms with van der Waals surface area (Å²) < 4.78 is 28.2. The summed E-state index contributed by atoms with van der Waals surface area (Å²) in [7, 11) is -3.59. The Bertz CT molecular complexity index is 1280. The van der Waals surface area contributed by atoms with E-state index in [-0.39, 0.29) is 10.9 Å². The van der Waals surface area contributed by atoms with Crippen LogP contribution >= 0.6 is 0 Å². The standard InChI is InChI=1S/C25H26N4O2S/c1-19(29-32(30,31)25-7-6-24-18-28-15-11-23(24)16-25)17-27-12-8-20-2-4-21(5-3-20)22-9-13-26-14-10-22/h2-7,9-11,13-16,18-19,27,29H,8,12,17H2,1H3.